The smallest absolute Gasteiger partial charge is 0.306 e. The summed E-state index contributed by atoms with van der Waals surface area (Å²) in [5.74, 6) is -4.42. The van der Waals surface area contributed by atoms with E-state index >= 15 is 0 Å². The van der Waals surface area contributed by atoms with Crippen LogP contribution in [0.3, 0.4) is 0 Å². The number of esters is 1. The Balaban J connectivity index is 1.93. The van der Waals surface area contributed by atoms with Crippen molar-refractivity contribution < 1.29 is 77.6 Å². The Labute approximate surface area is 348 Å². The van der Waals surface area contributed by atoms with Crippen molar-refractivity contribution in [2.75, 3.05) is 19.8 Å². The van der Waals surface area contributed by atoms with Crippen molar-refractivity contribution in [3.63, 3.8) is 0 Å². The standard InChI is InChI=1S/C39H61N5O16/c1-20(34(53)44-25(33(40)52)13-14-28(51)59-38(5,6)7)41-35(54)21(2)56-32-30(43-23(4)49)36(55-17-24-11-9-8-10-12-24)57-27(16-45)31(32)58-37-29(42-22(3)48)26(50)15-39(18-46,19-47)60-37/h8-12,20-21,25-27,29-32,36-37,45-47,50H,13-19H2,1-7H3,(H2,40,52)(H,41,54)(H,42,48)(H,43,49)(H,44,53)/t20-,21+,25?,26?,27?,29?,30?,31+,32?,36+,37+/m0/s1. The van der Waals surface area contributed by atoms with Gasteiger partial charge in [0.2, 0.25) is 29.5 Å². The van der Waals surface area contributed by atoms with E-state index in [2.05, 4.69) is 21.3 Å². The predicted octanol–water partition coefficient (Wildman–Crippen LogP) is -2.48. The zero-order chi connectivity index (χ0) is 44.9. The molecule has 1 aromatic carbocycles. The van der Waals surface area contributed by atoms with E-state index in [9.17, 15) is 49.2 Å². The number of nitrogens with two attached hydrogens (primary N) is 1. The molecular formula is C39H61N5O16. The quantitative estimate of drug-likeness (QED) is 0.0613. The van der Waals surface area contributed by atoms with Gasteiger partial charge in [-0.25, -0.2) is 0 Å². The maximum absolute atomic E-state index is 13.7. The van der Waals surface area contributed by atoms with Crippen LogP contribution in [0.5, 0.6) is 0 Å². The number of aliphatic hydroxyl groups is 4. The van der Waals surface area contributed by atoms with E-state index in [1.54, 1.807) is 51.1 Å². The molecule has 0 bridgehead atoms. The number of aliphatic hydroxyl groups excluding tert-OH is 4. The highest BCUT2D eigenvalue weighted by atomic mass is 16.7. The Morgan fingerprint density at radius 3 is 2.07 bits per heavy atom. The monoisotopic (exact) mass is 855 g/mol. The molecule has 60 heavy (non-hydrogen) atoms. The largest absolute Gasteiger partial charge is 0.460 e. The summed E-state index contributed by atoms with van der Waals surface area (Å²) in [5.41, 5.74) is 3.67. The fraction of sp³-hybridized carbons (Fsp3) is 0.692. The first kappa shape index (κ1) is 50.0. The van der Waals surface area contributed by atoms with E-state index in [0.717, 1.165) is 5.56 Å². The summed E-state index contributed by atoms with van der Waals surface area (Å²) >= 11 is 0. The summed E-state index contributed by atoms with van der Waals surface area (Å²) < 4.78 is 36.1. The summed E-state index contributed by atoms with van der Waals surface area (Å²) in [7, 11) is 0. The van der Waals surface area contributed by atoms with Crippen molar-refractivity contribution in [2.24, 2.45) is 5.73 Å². The molecule has 2 heterocycles. The Morgan fingerprint density at radius 1 is 0.900 bits per heavy atom. The van der Waals surface area contributed by atoms with E-state index in [4.69, 9.17) is 34.2 Å². The van der Waals surface area contributed by atoms with Gasteiger partial charge in [0, 0.05) is 26.7 Å². The van der Waals surface area contributed by atoms with Crippen LogP contribution in [-0.2, 0) is 63.8 Å². The second kappa shape index (κ2) is 22.5. The first-order valence-corrected chi connectivity index (χ1v) is 19.6. The van der Waals surface area contributed by atoms with Gasteiger partial charge in [-0.2, -0.15) is 0 Å². The molecular weight excluding hydrogens is 794 g/mol. The van der Waals surface area contributed by atoms with Gasteiger partial charge >= 0.3 is 5.97 Å². The summed E-state index contributed by atoms with van der Waals surface area (Å²) in [6, 6.07) is 3.76. The fourth-order valence-corrected chi connectivity index (χ4v) is 6.57. The zero-order valence-electron chi connectivity index (χ0n) is 35.0. The second-order valence-electron chi connectivity index (χ2n) is 15.9. The number of primary amides is 1. The van der Waals surface area contributed by atoms with E-state index in [0.29, 0.717) is 0 Å². The van der Waals surface area contributed by atoms with Gasteiger partial charge in [0.25, 0.3) is 0 Å². The highest BCUT2D eigenvalue weighted by Crippen LogP contribution is 2.35. The summed E-state index contributed by atoms with van der Waals surface area (Å²) in [6.45, 7) is 7.70. The number of amides is 5. The second-order valence-corrected chi connectivity index (χ2v) is 15.9. The first-order chi connectivity index (χ1) is 28.1. The number of carbonyl (C=O) groups is 6. The Kier molecular flexibility index (Phi) is 18.8. The minimum Gasteiger partial charge on any atom is -0.460 e. The van der Waals surface area contributed by atoms with E-state index in [-0.39, 0.29) is 25.9 Å². The lowest BCUT2D eigenvalue weighted by Crippen LogP contribution is -2.70. The van der Waals surface area contributed by atoms with Crippen LogP contribution in [0.15, 0.2) is 30.3 Å². The lowest BCUT2D eigenvalue weighted by Gasteiger charge is -2.50. The maximum atomic E-state index is 13.7. The third-order valence-electron chi connectivity index (χ3n) is 9.55. The molecule has 0 aliphatic carbocycles. The lowest BCUT2D eigenvalue weighted by molar-refractivity contribution is -0.345. The number of benzene rings is 1. The summed E-state index contributed by atoms with van der Waals surface area (Å²) in [5, 5.41) is 52.3. The summed E-state index contributed by atoms with van der Waals surface area (Å²) in [6.07, 6.45) is -10.9. The van der Waals surface area contributed by atoms with Crippen molar-refractivity contribution in [3.05, 3.63) is 35.9 Å². The predicted molar refractivity (Wildman–Crippen MR) is 208 cm³/mol. The zero-order valence-corrected chi connectivity index (χ0v) is 35.0. The van der Waals surface area contributed by atoms with Gasteiger partial charge in [0.1, 0.15) is 59.8 Å². The molecule has 0 spiro atoms. The van der Waals surface area contributed by atoms with Crippen molar-refractivity contribution in [1.82, 2.24) is 21.3 Å². The molecule has 1 aromatic rings. The van der Waals surface area contributed by atoms with Gasteiger partial charge in [0.15, 0.2) is 12.6 Å². The molecule has 21 nitrogen and oxygen atoms in total. The molecule has 21 heteroatoms. The normalized spacial score (nSPS) is 26.7. The van der Waals surface area contributed by atoms with Crippen LogP contribution in [0.25, 0.3) is 0 Å². The van der Waals surface area contributed by atoms with Gasteiger partial charge in [-0.05, 0) is 46.6 Å². The number of carbonyl (C=O) groups excluding carboxylic acids is 6. The van der Waals surface area contributed by atoms with E-state index in [1.165, 1.54) is 27.7 Å². The molecule has 338 valence electrons. The Hall–Kier alpha value is -4.32. The molecule has 11 atom stereocenters. The minimum absolute atomic E-state index is 0.0389. The average Bonchev–Trinajstić information content (AvgIpc) is 3.17. The molecule has 3 rings (SSSR count). The highest BCUT2D eigenvalue weighted by Gasteiger charge is 2.54. The van der Waals surface area contributed by atoms with Crippen LogP contribution in [-0.4, -0.2) is 154 Å². The van der Waals surface area contributed by atoms with Crippen molar-refractivity contribution in [1.29, 1.82) is 0 Å². The molecule has 6 unspecified atom stereocenters. The Morgan fingerprint density at radius 2 is 1.52 bits per heavy atom. The van der Waals surface area contributed by atoms with Crippen molar-refractivity contribution >= 4 is 35.5 Å². The van der Waals surface area contributed by atoms with E-state index in [1.807, 2.05) is 0 Å². The van der Waals surface area contributed by atoms with Crippen LogP contribution in [0.2, 0.25) is 0 Å². The number of ether oxygens (including phenoxy) is 6. The third-order valence-corrected chi connectivity index (χ3v) is 9.55. The average molecular weight is 856 g/mol. The van der Waals surface area contributed by atoms with Gasteiger partial charge in [-0.3, -0.25) is 28.8 Å². The topological polar surface area (TPSA) is 313 Å². The number of hydrogen-bond donors (Lipinski definition) is 9. The SMILES string of the molecule is CC(=O)NC1C(O)CC(CO)(CO)O[C@H]1O[C@@H]1C(CO)O[C@@H](OCc2ccccc2)C(NC(C)=O)C1O[C@H](C)C(=O)N[C@@H](C)C(=O)NC(CCC(=O)OC(C)(C)C)C(N)=O. The van der Waals surface area contributed by atoms with E-state index < -0.39 is 134 Å². The first-order valence-electron chi connectivity index (χ1n) is 19.6. The fourth-order valence-electron chi connectivity index (χ4n) is 6.57. The molecule has 2 saturated heterocycles. The highest BCUT2D eigenvalue weighted by molar-refractivity contribution is 5.92. The van der Waals surface area contributed by atoms with Crippen molar-refractivity contribution in [3.8, 4) is 0 Å². The van der Waals surface area contributed by atoms with Crippen LogP contribution in [0.1, 0.15) is 73.3 Å². The molecule has 0 aromatic heterocycles. The van der Waals surface area contributed by atoms with Gasteiger partial charge < -0.3 is 75.8 Å². The Bertz CT molecular complexity index is 1610. The van der Waals surface area contributed by atoms with Crippen LogP contribution < -0.4 is 27.0 Å². The lowest BCUT2D eigenvalue weighted by atomic mass is 9.89. The van der Waals surface area contributed by atoms with Gasteiger partial charge in [0.05, 0.1) is 32.5 Å². The summed E-state index contributed by atoms with van der Waals surface area (Å²) in [4.78, 5) is 76.2. The molecule has 2 aliphatic heterocycles. The van der Waals surface area contributed by atoms with Crippen LogP contribution in [0.4, 0.5) is 0 Å². The van der Waals surface area contributed by atoms with Crippen LogP contribution >= 0.6 is 0 Å². The number of hydrogen-bond acceptors (Lipinski definition) is 16. The number of rotatable bonds is 20. The minimum atomic E-state index is -1.74. The molecule has 10 N–H and O–H groups in total. The molecule has 0 radical (unpaired) electrons. The van der Waals surface area contributed by atoms with Gasteiger partial charge in [-0.15, -0.1) is 0 Å². The molecule has 2 fully saturated rings. The molecule has 5 amide bonds. The third kappa shape index (κ3) is 14.7. The van der Waals surface area contributed by atoms with Crippen molar-refractivity contribution in [2.45, 2.75) is 153 Å². The molecule has 2 aliphatic rings. The molecule has 0 saturated carbocycles. The van der Waals surface area contributed by atoms with Crippen LogP contribution in [0, 0.1) is 0 Å². The van der Waals surface area contributed by atoms with Gasteiger partial charge in [-0.1, -0.05) is 30.3 Å². The maximum Gasteiger partial charge on any atom is 0.306 e. The number of nitrogens with one attached hydrogen (secondary N) is 4.